The number of nitrogens with zero attached hydrogens (tertiary/aromatic N) is 1. The highest BCUT2D eigenvalue weighted by atomic mass is 15.2. The molecule has 2 atom stereocenters. The van der Waals surface area contributed by atoms with Gasteiger partial charge in [-0.05, 0) is 64.0 Å². The van der Waals surface area contributed by atoms with Crippen LogP contribution in [-0.4, -0.2) is 30.6 Å². The maximum absolute atomic E-state index is 5.98. The van der Waals surface area contributed by atoms with E-state index in [-0.39, 0.29) is 0 Å². The second kappa shape index (κ2) is 6.91. The zero-order valence-electron chi connectivity index (χ0n) is 12.4. The minimum atomic E-state index is 0.757. The third-order valence-corrected chi connectivity index (χ3v) is 5.66. The van der Waals surface area contributed by atoms with Gasteiger partial charge in [-0.3, -0.25) is 0 Å². The Morgan fingerprint density at radius 3 is 2.28 bits per heavy atom. The van der Waals surface area contributed by atoms with Gasteiger partial charge in [-0.1, -0.05) is 26.2 Å². The van der Waals surface area contributed by atoms with Gasteiger partial charge in [0.1, 0.15) is 0 Å². The molecule has 2 aliphatic carbocycles. The zero-order chi connectivity index (χ0) is 13.0. The predicted octanol–water partition coefficient (Wildman–Crippen LogP) is 3.40. The van der Waals surface area contributed by atoms with E-state index >= 15 is 0 Å². The van der Waals surface area contributed by atoms with E-state index in [4.69, 9.17) is 5.73 Å². The van der Waals surface area contributed by atoms with Gasteiger partial charge >= 0.3 is 0 Å². The summed E-state index contributed by atoms with van der Waals surface area (Å²) >= 11 is 0. The van der Waals surface area contributed by atoms with Crippen molar-refractivity contribution < 1.29 is 0 Å². The van der Waals surface area contributed by atoms with Crippen molar-refractivity contribution in [2.24, 2.45) is 17.6 Å². The average molecular weight is 252 g/mol. The molecule has 2 fully saturated rings. The highest BCUT2D eigenvalue weighted by Gasteiger charge is 2.32. The summed E-state index contributed by atoms with van der Waals surface area (Å²) in [6, 6.07) is 1.61. The minimum absolute atomic E-state index is 0.757. The molecule has 2 unspecified atom stereocenters. The van der Waals surface area contributed by atoms with Gasteiger partial charge in [0.2, 0.25) is 0 Å². The summed E-state index contributed by atoms with van der Waals surface area (Å²) in [4.78, 5) is 2.71. The third kappa shape index (κ3) is 3.27. The van der Waals surface area contributed by atoms with Gasteiger partial charge in [-0.25, -0.2) is 0 Å². The lowest BCUT2D eigenvalue weighted by atomic mass is 9.80. The molecule has 2 N–H and O–H groups in total. The Hall–Kier alpha value is -0.0800. The van der Waals surface area contributed by atoms with Crippen LogP contribution < -0.4 is 5.73 Å². The highest BCUT2D eigenvalue weighted by molar-refractivity contribution is 4.87. The monoisotopic (exact) mass is 252 g/mol. The van der Waals surface area contributed by atoms with Crippen molar-refractivity contribution in [3.05, 3.63) is 0 Å². The van der Waals surface area contributed by atoms with Gasteiger partial charge in [0.15, 0.2) is 0 Å². The van der Waals surface area contributed by atoms with Crippen molar-refractivity contribution in [3.8, 4) is 0 Å². The number of hydrogen-bond donors (Lipinski definition) is 1. The highest BCUT2D eigenvalue weighted by Crippen LogP contribution is 2.34. The molecule has 106 valence electrons. The van der Waals surface area contributed by atoms with E-state index in [1.807, 2.05) is 0 Å². The molecule has 0 aromatic heterocycles. The normalized spacial score (nSPS) is 38.0. The third-order valence-electron chi connectivity index (χ3n) is 5.66. The fourth-order valence-corrected chi connectivity index (χ4v) is 4.23. The molecule has 2 nitrogen and oxygen atoms in total. The molecule has 0 spiro atoms. The Balaban J connectivity index is 1.87. The van der Waals surface area contributed by atoms with E-state index in [0.29, 0.717) is 0 Å². The lowest BCUT2D eigenvalue weighted by molar-refractivity contribution is 0.0646. The molecule has 0 heterocycles. The summed E-state index contributed by atoms with van der Waals surface area (Å²) in [6.07, 6.45) is 12.7. The van der Waals surface area contributed by atoms with Crippen LogP contribution in [0.25, 0.3) is 0 Å². The first kappa shape index (κ1) is 14.3. The second-order valence-corrected chi connectivity index (χ2v) is 6.60. The van der Waals surface area contributed by atoms with E-state index in [1.54, 1.807) is 0 Å². The molecule has 0 saturated heterocycles. The lowest BCUT2D eigenvalue weighted by Gasteiger charge is -2.44. The summed E-state index contributed by atoms with van der Waals surface area (Å²) < 4.78 is 0. The van der Waals surface area contributed by atoms with E-state index in [9.17, 15) is 0 Å². The quantitative estimate of drug-likeness (QED) is 0.831. The van der Waals surface area contributed by atoms with Crippen molar-refractivity contribution in [1.82, 2.24) is 4.90 Å². The van der Waals surface area contributed by atoms with E-state index in [0.717, 1.165) is 30.5 Å². The predicted molar refractivity (Wildman–Crippen MR) is 78.6 cm³/mol. The summed E-state index contributed by atoms with van der Waals surface area (Å²) in [5.74, 6) is 1.76. The molecule has 0 amide bonds. The first-order chi connectivity index (χ1) is 8.76. The molecule has 0 bridgehead atoms. The van der Waals surface area contributed by atoms with Crippen LogP contribution in [0, 0.1) is 11.8 Å². The van der Waals surface area contributed by atoms with Gasteiger partial charge in [0.25, 0.3) is 0 Å². The van der Waals surface area contributed by atoms with Gasteiger partial charge in [0, 0.05) is 12.1 Å². The molecule has 0 radical (unpaired) electrons. The van der Waals surface area contributed by atoms with Crippen LogP contribution in [0.15, 0.2) is 0 Å². The van der Waals surface area contributed by atoms with Crippen molar-refractivity contribution in [2.75, 3.05) is 13.6 Å². The molecule has 2 rings (SSSR count). The Morgan fingerprint density at radius 2 is 1.67 bits per heavy atom. The Kier molecular flexibility index (Phi) is 5.50. The minimum Gasteiger partial charge on any atom is -0.330 e. The van der Waals surface area contributed by atoms with Crippen molar-refractivity contribution in [2.45, 2.75) is 76.8 Å². The van der Waals surface area contributed by atoms with Crippen molar-refractivity contribution >= 4 is 0 Å². The molecule has 18 heavy (non-hydrogen) atoms. The standard InChI is InChI=1S/C16H32N2/c1-3-13-8-10-15(11-9-13)18(2)16-7-5-4-6-14(16)12-17/h13-16H,3-12,17H2,1-2H3. The average Bonchev–Trinajstić information content (AvgIpc) is 2.46. The summed E-state index contributed by atoms with van der Waals surface area (Å²) in [5, 5.41) is 0. The summed E-state index contributed by atoms with van der Waals surface area (Å²) in [7, 11) is 2.37. The molecule has 2 aliphatic rings. The second-order valence-electron chi connectivity index (χ2n) is 6.60. The molecule has 0 aromatic carbocycles. The first-order valence-corrected chi connectivity index (χ1v) is 8.18. The maximum Gasteiger partial charge on any atom is 0.0135 e. The van der Waals surface area contributed by atoms with Crippen molar-refractivity contribution in [3.63, 3.8) is 0 Å². The summed E-state index contributed by atoms with van der Waals surface area (Å²) in [5.41, 5.74) is 5.98. The van der Waals surface area contributed by atoms with E-state index < -0.39 is 0 Å². The van der Waals surface area contributed by atoms with Crippen LogP contribution in [0.2, 0.25) is 0 Å². The van der Waals surface area contributed by atoms with Crippen LogP contribution >= 0.6 is 0 Å². The van der Waals surface area contributed by atoms with Gasteiger partial charge in [-0.15, -0.1) is 0 Å². The lowest BCUT2D eigenvalue weighted by Crippen LogP contribution is -2.48. The van der Waals surface area contributed by atoms with Crippen LogP contribution in [0.3, 0.4) is 0 Å². The molecule has 2 saturated carbocycles. The van der Waals surface area contributed by atoms with E-state index in [2.05, 4.69) is 18.9 Å². The van der Waals surface area contributed by atoms with Crippen molar-refractivity contribution in [1.29, 1.82) is 0 Å². The maximum atomic E-state index is 5.98. The first-order valence-electron chi connectivity index (χ1n) is 8.18. The van der Waals surface area contributed by atoms with Crippen LogP contribution in [0.5, 0.6) is 0 Å². The fraction of sp³-hybridized carbons (Fsp3) is 1.00. The van der Waals surface area contributed by atoms with Gasteiger partial charge < -0.3 is 10.6 Å². The Morgan fingerprint density at radius 1 is 1.00 bits per heavy atom. The Bertz CT molecular complexity index is 233. The zero-order valence-corrected chi connectivity index (χ0v) is 12.4. The van der Waals surface area contributed by atoms with Crippen LogP contribution in [0.4, 0.5) is 0 Å². The van der Waals surface area contributed by atoms with Crippen LogP contribution in [-0.2, 0) is 0 Å². The summed E-state index contributed by atoms with van der Waals surface area (Å²) in [6.45, 7) is 3.24. The topological polar surface area (TPSA) is 29.3 Å². The molecular weight excluding hydrogens is 220 g/mol. The molecule has 2 heteroatoms. The largest absolute Gasteiger partial charge is 0.330 e. The van der Waals surface area contributed by atoms with Gasteiger partial charge in [-0.2, -0.15) is 0 Å². The molecule has 0 aliphatic heterocycles. The molecular formula is C16H32N2. The smallest absolute Gasteiger partial charge is 0.0135 e. The number of nitrogens with two attached hydrogens (primary N) is 1. The molecule has 0 aromatic rings. The Labute approximate surface area is 113 Å². The van der Waals surface area contributed by atoms with E-state index in [1.165, 1.54) is 57.8 Å². The number of rotatable bonds is 4. The van der Waals surface area contributed by atoms with Gasteiger partial charge in [0.05, 0.1) is 0 Å². The SMILES string of the molecule is CCC1CCC(N(C)C2CCCCC2CN)CC1. The number of hydrogen-bond acceptors (Lipinski definition) is 2. The van der Waals surface area contributed by atoms with Crippen LogP contribution in [0.1, 0.15) is 64.7 Å². The fourth-order valence-electron chi connectivity index (χ4n) is 4.23.